The summed E-state index contributed by atoms with van der Waals surface area (Å²) in [4.78, 5) is 2.44. The van der Waals surface area contributed by atoms with Gasteiger partial charge in [0.05, 0.1) is 19.8 Å². The zero-order valence-corrected chi connectivity index (χ0v) is 12.4. The fourth-order valence-corrected chi connectivity index (χ4v) is 2.72. The average Bonchev–Trinajstić information content (AvgIpc) is 3.23. The zero-order valence-electron chi connectivity index (χ0n) is 12.4. The van der Waals surface area contributed by atoms with E-state index in [2.05, 4.69) is 30.9 Å². The fourth-order valence-electron chi connectivity index (χ4n) is 2.72. The van der Waals surface area contributed by atoms with Crippen LogP contribution in [-0.4, -0.2) is 50.5 Å². The molecule has 3 rings (SSSR count). The molecule has 1 unspecified atom stereocenters. The maximum absolute atomic E-state index is 5.88. The molecule has 0 aromatic heterocycles. The van der Waals surface area contributed by atoms with Gasteiger partial charge in [0.2, 0.25) is 0 Å². The third-order valence-electron chi connectivity index (χ3n) is 3.85. The minimum absolute atomic E-state index is 0.307. The van der Waals surface area contributed by atoms with Crippen molar-refractivity contribution in [1.82, 2.24) is 4.90 Å². The highest BCUT2D eigenvalue weighted by Crippen LogP contribution is 2.26. The Labute approximate surface area is 120 Å². The second kappa shape index (κ2) is 6.12. The topological polar surface area (TPSA) is 34.2 Å². The maximum Gasteiger partial charge on any atom is 0.125 e. The lowest BCUT2D eigenvalue weighted by Gasteiger charge is -2.27. The maximum atomic E-state index is 5.88. The molecule has 0 radical (unpaired) electrons. The van der Waals surface area contributed by atoms with E-state index in [0.29, 0.717) is 12.7 Å². The van der Waals surface area contributed by atoms with Crippen LogP contribution in [0.2, 0.25) is 0 Å². The van der Waals surface area contributed by atoms with Gasteiger partial charge in [-0.15, -0.1) is 0 Å². The van der Waals surface area contributed by atoms with E-state index in [1.807, 2.05) is 0 Å². The van der Waals surface area contributed by atoms with Crippen LogP contribution in [0, 0.1) is 13.8 Å². The van der Waals surface area contributed by atoms with Crippen LogP contribution >= 0.6 is 0 Å². The Morgan fingerprint density at radius 1 is 1.20 bits per heavy atom. The summed E-state index contributed by atoms with van der Waals surface area (Å²) < 4.78 is 16.5. The molecule has 4 nitrogen and oxygen atoms in total. The first-order valence-electron chi connectivity index (χ1n) is 7.37. The van der Waals surface area contributed by atoms with E-state index >= 15 is 0 Å². The summed E-state index contributed by atoms with van der Waals surface area (Å²) in [6, 6.07) is 4.48. The largest absolute Gasteiger partial charge is 0.490 e. The third kappa shape index (κ3) is 3.51. The van der Waals surface area contributed by atoms with E-state index in [-0.39, 0.29) is 0 Å². The highest BCUT2D eigenvalue weighted by Gasteiger charge is 2.23. The first-order valence-corrected chi connectivity index (χ1v) is 7.37. The van der Waals surface area contributed by atoms with Crippen molar-refractivity contribution >= 4 is 0 Å². The van der Waals surface area contributed by atoms with Gasteiger partial charge in [0.1, 0.15) is 18.5 Å². The monoisotopic (exact) mass is 277 g/mol. The van der Waals surface area contributed by atoms with Gasteiger partial charge in [0.25, 0.3) is 0 Å². The van der Waals surface area contributed by atoms with E-state index < -0.39 is 0 Å². The van der Waals surface area contributed by atoms with Crippen molar-refractivity contribution in [3.63, 3.8) is 0 Å². The number of benzene rings is 1. The Morgan fingerprint density at radius 2 is 1.85 bits per heavy atom. The molecule has 0 bridgehead atoms. The molecule has 2 aliphatic heterocycles. The van der Waals surface area contributed by atoms with Crippen LogP contribution in [0.15, 0.2) is 12.1 Å². The molecule has 1 aromatic carbocycles. The molecule has 0 aliphatic carbocycles. The normalized spacial score (nSPS) is 22.8. The molecule has 1 atom stereocenters. The minimum Gasteiger partial charge on any atom is -0.490 e. The van der Waals surface area contributed by atoms with Crippen molar-refractivity contribution in [2.45, 2.75) is 26.5 Å². The van der Waals surface area contributed by atoms with Gasteiger partial charge in [-0.1, -0.05) is 12.1 Å². The summed E-state index contributed by atoms with van der Waals surface area (Å²) in [6.07, 6.45) is 0.307. The number of ether oxygens (including phenoxy) is 3. The average molecular weight is 277 g/mol. The molecule has 2 saturated heterocycles. The van der Waals surface area contributed by atoms with Crippen molar-refractivity contribution < 1.29 is 14.2 Å². The van der Waals surface area contributed by atoms with E-state index in [1.54, 1.807) is 0 Å². The van der Waals surface area contributed by atoms with Crippen molar-refractivity contribution in [3.8, 4) is 5.75 Å². The van der Waals surface area contributed by atoms with Gasteiger partial charge in [-0.05, 0) is 30.5 Å². The third-order valence-corrected chi connectivity index (χ3v) is 3.85. The highest BCUT2D eigenvalue weighted by molar-refractivity contribution is 5.43. The lowest BCUT2D eigenvalue weighted by Crippen LogP contribution is -2.35. The molecule has 2 heterocycles. The summed E-state index contributed by atoms with van der Waals surface area (Å²) in [6.45, 7) is 10.5. The van der Waals surface area contributed by atoms with Crippen molar-refractivity contribution in [1.29, 1.82) is 0 Å². The van der Waals surface area contributed by atoms with Gasteiger partial charge >= 0.3 is 0 Å². The zero-order chi connectivity index (χ0) is 13.9. The van der Waals surface area contributed by atoms with Gasteiger partial charge in [0.15, 0.2) is 0 Å². The van der Waals surface area contributed by atoms with Crippen LogP contribution in [-0.2, 0) is 16.0 Å². The first-order chi connectivity index (χ1) is 9.72. The number of rotatable bonds is 5. The highest BCUT2D eigenvalue weighted by atomic mass is 16.6. The molecule has 0 spiro atoms. The fraction of sp³-hybridized carbons (Fsp3) is 0.625. The van der Waals surface area contributed by atoms with E-state index in [0.717, 1.165) is 45.2 Å². The van der Waals surface area contributed by atoms with Gasteiger partial charge in [0, 0.05) is 19.6 Å². The van der Waals surface area contributed by atoms with Crippen LogP contribution < -0.4 is 4.74 Å². The predicted octanol–water partition coefficient (Wildman–Crippen LogP) is 1.91. The Morgan fingerprint density at radius 3 is 2.45 bits per heavy atom. The summed E-state index contributed by atoms with van der Waals surface area (Å²) in [7, 11) is 0. The molecule has 2 fully saturated rings. The molecular weight excluding hydrogens is 254 g/mol. The first kappa shape index (κ1) is 13.9. The standard InChI is InChI=1S/C16H23NO3/c1-12-7-14(9-17-3-5-18-6-4-17)8-13(2)16(12)20-11-15-10-19-15/h7-8,15H,3-6,9-11H2,1-2H3. The summed E-state index contributed by atoms with van der Waals surface area (Å²) in [5.74, 6) is 1.02. The lowest BCUT2D eigenvalue weighted by molar-refractivity contribution is 0.0342. The number of hydrogen-bond acceptors (Lipinski definition) is 4. The quantitative estimate of drug-likeness (QED) is 0.770. The van der Waals surface area contributed by atoms with Gasteiger partial charge in [-0.25, -0.2) is 0 Å². The lowest BCUT2D eigenvalue weighted by atomic mass is 10.0. The molecule has 20 heavy (non-hydrogen) atoms. The molecule has 110 valence electrons. The molecule has 0 amide bonds. The molecule has 0 N–H and O–H groups in total. The summed E-state index contributed by atoms with van der Waals surface area (Å²) in [5, 5.41) is 0. The second-order valence-electron chi connectivity index (χ2n) is 5.71. The van der Waals surface area contributed by atoms with Crippen LogP contribution in [0.3, 0.4) is 0 Å². The minimum atomic E-state index is 0.307. The molecule has 2 aliphatic rings. The summed E-state index contributed by atoms with van der Waals surface area (Å²) >= 11 is 0. The smallest absolute Gasteiger partial charge is 0.125 e. The number of nitrogens with zero attached hydrogens (tertiary/aromatic N) is 1. The summed E-state index contributed by atoms with van der Waals surface area (Å²) in [5.41, 5.74) is 3.79. The Bertz CT molecular complexity index is 442. The van der Waals surface area contributed by atoms with Crippen molar-refractivity contribution in [2.24, 2.45) is 0 Å². The van der Waals surface area contributed by atoms with Crippen LogP contribution in [0.5, 0.6) is 5.75 Å². The van der Waals surface area contributed by atoms with E-state index in [1.165, 1.54) is 16.7 Å². The second-order valence-corrected chi connectivity index (χ2v) is 5.71. The van der Waals surface area contributed by atoms with Gasteiger partial charge in [-0.3, -0.25) is 4.90 Å². The van der Waals surface area contributed by atoms with Crippen LogP contribution in [0.4, 0.5) is 0 Å². The van der Waals surface area contributed by atoms with Crippen molar-refractivity contribution in [2.75, 3.05) is 39.5 Å². The number of aryl methyl sites for hydroxylation is 2. The SMILES string of the molecule is Cc1cc(CN2CCOCC2)cc(C)c1OCC1CO1. The van der Waals surface area contributed by atoms with E-state index in [4.69, 9.17) is 14.2 Å². The van der Waals surface area contributed by atoms with Crippen LogP contribution in [0.1, 0.15) is 16.7 Å². The molecule has 4 heteroatoms. The number of epoxide rings is 1. The predicted molar refractivity (Wildman–Crippen MR) is 77.2 cm³/mol. The Kier molecular flexibility index (Phi) is 4.24. The Balaban J connectivity index is 1.65. The molecule has 0 saturated carbocycles. The molecule has 1 aromatic rings. The number of hydrogen-bond donors (Lipinski definition) is 0. The van der Waals surface area contributed by atoms with Gasteiger partial charge in [-0.2, -0.15) is 0 Å². The van der Waals surface area contributed by atoms with E-state index in [9.17, 15) is 0 Å². The number of morpholine rings is 1. The van der Waals surface area contributed by atoms with Crippen molar-refractivity contribution in [3.05, 3.63) is 28.8 Å². The van der Waals surface area contributed by atoms with Gasteiger partial charge < -0.3 is 14.2 Å². The Hall–Kier alpha value is -1.10. The molecular formula is C16H23NO3. The van der Waals surface area contributed by atoms with Crippen LogP contribution in [0.25, 0.3) is 0 Å².